The largest absolute Gasteiger partial charge is 0.611 e. The molecular weight excluding hydrogens is 609 g/mol. The number of hydrogen-bond acceptors (Lipinski definition) is 5. The van der Waals surface area contributed by atoms with Gasteiger partial charge in [-0.15, -0.1) is 0 Å². The lowest BCUT2D eigenvalue weighted by Crippen LogP contribution is -3.19. The quantitative estimate of drug-likeness (QED) is 0.341. The molecule has 0 amide bonds. The highest BCUT2D eigenvalue weighted by atomic mass is 32.3. The second-order valence-corrected chi connectivity index (χ2v) is 13.2. The monoisotopic (exact) mass is 634 g/mol. The highest BCUT2D eigenvalue weighted by molar-refractivity contribution is 8.13. The molecule has 226 valence electrons. The van der Waals surface area contributed by atoms with Crippen molar-refractivity contribution in [2.75, 3.05) is 6.54 Å². The minimum atomic E-state index is -6.72. The Bertz CT molecular complexity index is 1520. The molecule has 5 rings (SSSR count). The van der Waals surface area contributed by atoms with Gasteiger partial charge in [0, 0.05) is 18.3 Å². The topological polar surface area (TPSA) is 96.1 Å². The highest BCUT2D eigenvalue weighted by Crippen LogP contribution is 2.42. The summed E-state index contributed by atoms with van der Waals surface area (Å²) in [7, 11) is -13.4. The van der Waals surface area contributed by atoms with Crippen molar-refractivity contribution in [3.05, 3.63) is 106 Å². The minimum absolute atomic E-state index is 0.0825. The van der Waals surface area contributed by atoms with Crippen LogP contribution in [0.1, 0.15) is 29.5 Å². The summed E-state index contributed by atoms with van der Waals surface area (Å²) in [5, 5.41) is 0. The van der Waals surface area contributed by atoms with E-state index in [0.29, 0.717) is 6.04 Å². The van der Waals surface area contributed by atoms with Crippen molar-refractivity contribution < 1.29 is 52.6 Å². The molecule has 0 radical (unpaired) electrons. The zero-order valence-electron chi connectivity index (χ0n) is 21.9. The van der Waals surface area contributed by atoms with Gasteiger partial charge >= 0.3 is 18.1 Å². The summed E-state index contributed by atoms with van der Waals surface area (Å²) in [5.74, 6) is 0. The summed E-state index contributed by atoms with van der Waals surface area (Å²) in [6.07, 6.45) is 2.45. The zero-order chi connectivity index (χ0) is 31.0. The summed E-state index contributed by atoms with van der Waals surface area (Å²) < 4.78 is 116. The second kappa shape index (κ2) is 11.6. The molecule has 2 heterocycles. The smallest absolute Gasteiger partial charge is 0.421 e. The van der Waals surface area contributed by atoms with Crippen LogP contribution in [0.25, 0.3) is 4.13 Å². The molecule has 2 aliphatic rings. The van der Waals surface area contributed by atoms with Gasteiger partial charge in [0.05, 0.1) is 6.54 Å². The van der Waals surface area contributed by atoms with Crippen molar-refractivity contribution in [3.8, 4) is 0 Å². The molecule has 42 heavy (non-hydrogen) atoms. The van der Waals surface area contributed by atoms with Crippen molar-refractivity contribution in [3.63, 3.8) is 0 Å². The third kappa shape index (κ3) is 6.08. The molecule has 3 aromatic rings. The van der Waals surface area contributed by atoms with E-state index in [4.69, 9.17) is 4.65 Å². The van der Waals surface area contributed by atoms with Crippen LogP contribution in [0, 0.1) is 6.92 Å². The fraction of sp³-hybridized carbons (Fsp3) is 0.308. The van der Waals surface area contributed by atoms with Gasteiger partial charge in [0.2, 0.25) is 0 Å². The van der Waals surface area contributed by atoms with Gasteiger partial charge in [0.1, 0.15) is 6.04 Å². The van der Waals surface area contributed by atoms with E-state index in [0.717, 1.165) is 4.13 Å². The molecule has 7 nitrogen and oxygen atoms in total. The number of aryl methyl sites for hydroxylation is 1. The fourth-order valence-electron chi connectivity index (χ4n) is 5.43. The lowest BCUT2D eigenvalue weighted by molar-refractivity contribution is -0.799. The van der Waals surface area contributed by atoms with E-state index < -0.39 is 31.1 Å². The first-order valence-corrected chi connectivity index (χ1v) is 15.5. The molecular formula is C26H25BF6N2O5S2. The lowest BCUT2D eigenvalue weighted by atomic mass is 9.70. The molecule has 2 aliphatic heterocycles. The molecule has 0 saturated carbocycles. The van der Waals surface area contributed by atoms with Gasteiger partial charge in [-0.2, -0.15) is 26.3 Å². The number of hydrogen-bond donors (Lipinski definition) is 1. The van der Waals surface area contributed by atoms with Crippen LogP contribution in [0.3, 0.4) is 0 Å². The Labute approximate surface area is 239 Å². The SMILES string of the molecule is Cc1ccccc1B1OC(c2ccccc2)(c2ccccc2)[C@@H]2CCC[NH+]12.O=S(=O)([N-]S(=O)(=O)C(F)(F)F)C(F)(F)F. The van der Waals surface area contributed by atoms with E-state index in [9.17, 15) is 43.2 Å². The Morgan fingerprint density at radius 3 is 1.69 bits per heavy atom. The van der Waals surface area contributed by atoms with Gasteiger partial charge in [-0.3, -0.25) is 0 Å². The van der Waals surface area contributed by atoms with Crippen LogP contribution in [0.15, 0.2) is 84.9 Å². The van der Waals surface area contributed by atoms with E-state index in [2.05, 4.69) is 91.9 Å². The maximum atomic E-state index is 11.4. The third-order valence-corrected chi connectivity index (χ3v) is 9.93. The van der Waals surface area contributed by atoms with E-state index >= 15 is 0 Å². The van der Waals surface area contributed by atoms with Crippen LogP contribution in [0.2, 0.25) is 0 Å². The van der Waals surface area contributed by atoms with Crippen LogP contribution >= 0.6 is 0 Å². The maximum Gasteiger partial charge on any atom is 0.611 e. The Hall–Kier alpha value is -2.92. The van der Waals surface area contributed by atoms with Gasteiger partial charge in [-0.1, -0.05) is 84.9 Å². The van der Waals surface area contributed by atoms with E-state index in [-0.39, 0.29) is 12.7 Å². The molecule has 16 heteroatoms. The molecule has 2 fully saturated rings. The Morgan fingerprint density at radius 1 is 0.786 bits per heavy atom. The van der Waals surface area contributed by atoms with Crippen molar-refractivity contribution >= 4 is 32.6 Å². The standard InChI is InChI=1S/C24H24BNO.C2F6NO4S2/c1-19-11-8-9-16-22(19)25-26-18-10-17-23(26)24(27-25,20-12-4-2-5-13-20)21-14-6-3-7-15-21;3-1(4,5)14(10,11)9-15(12,13)2(6,7)8/h2-9,11-16,23H,10,17-18H2,1H3;/q;-1/p+1/t23-;/m0./s1. The van der Waals surface area contributed by atoms with Crippen LogP contribution in [0.4, 0.5) is 26.3 Å². The van der Waals surface area contributed by atoms with Gasteiger partial charge in [0.25, 0.3) is 0 Å². The Kier molecular flexibility index (Phi) is 8.87. The molecule has 3 aromatic carbocycles. The number of sulfonamides is 2. The number of alkyl halides is 6. The molecule has 2 atom stereocenters. The zero-order valence-corrected chi connectivity index (χ0v) is 23.6. The first-order chi connectivity index (χ1) is 19.5. The summed E-state index contributed by atoms with van der Waals surface area (Å²) in [4.78, 5) is 1.58. The van der Waals surface area contributed by atoms with Crippen LogP contribution in [-0.4, -0.2) is 47.5 Å². The number of quaternary nitrogens is 1. The van der Waals surface area contributed by atoms with Gasteiger partial charge in [-0.05, 0) is 23.6 Å². The van der Waals surface area contributed by atoms with E-state index in [1.807, 2.05) is 0 Å². The third-order valence-electron chi connectivity index (χ3n) is 7.19. The number of nitrogens with one attached hydrogen (secondary N) is 1. The van der Waals surface area contributed by atoms with Crippen molar-refractivity contribution in [2.24, 2.45) is 0 Å². The van der Waals surface area contributed by atoms with E-state index in [1.54, 1.807) is 4.81 Å². The van der Waals surface area contributed by atoms with Crippen molar-refractivity contribution in [1.29, 1.82) is 0 Å². The van der Waals surface area contributed by atoms with Crippen LogP contribution in [0.5, 0.6) is 0 Å². The summed E-state index contributed by atoms with van der Waals surface area (Å²) >= 11 is 0. The van der Waals surface area contributed by atoms with E-state index in [1.165, 1.54) is 41.5 Å². The van der Waals surface area contributed by atoms with Crippen LogP contribution in [-0.2, 0) is 30.3 Å². The molecule has 2 saturated heterocycles. The average Bonchev–Trinajstić information content (AvgIpc) is 3.51. The Balaban J connectivity index is 0.000000233. The van der Waals surface area contributed by atoms with Crippen molar-refractivity contribution in [2.45, 2.75) is 42.4 Å². The van der Waals surface area contributed by atoms with Crippen LogP contribution < -0.4 is 10.3 Å². The predicted molar refractivity (Wildman–Crippen MR) is 143 cm³/mol. The normalized spacial score (nSPS) is 20.5. The molecule has 0 spiro atoms. The fourth-order valence-corrected chi connectivity index (χ4v) is 7.14. The molecule has 0 bridgehead atoms. The maximum absolute atomic E-state index is 11.4. The molecule has 0 aliphatic carbocycles. The summed E-state index contributed by atoms with van der Waals surface area (Å²) in [6.45, 7) is 3.37. The number of nitrogens with zero attached hydrogens (tertiary/aromatic N) is 1. The molecule has 1 unspecified atom stereocenters. The number of halogens is 6. The highest BCUT2D eigenvalue weighted by Gasteiger charge is 2.64. The first kappa shape index (κ1) is 32.0. The predicted octanol–water partition coefficient (Wildman–Crippen LogP) is 3.77. The molecule has 0 aromatic heterocycles. The van der Waals surface area contributed by atoms with Gasteiger partial charge in [-0.25, -0.2) is 16.8 Å². The minimum Gasteiger partial charge on any atom is -0.421 e. The second-order valence-electron chi connectivity index (χ2n) is 9.76. The Morgan fingerprint density at radius 2 is 1.24 bits per heavy atom. The number of fused-ring (bicyclic) bond motifs is 1. The first-order valence-electron chi connectivity index (χ1n) is 12.6. The lowest BCUT2D eigenvalue weighted by Gasteiger charge is -2.33. The number of rotatable bonds is 5. The molecule has 1 N–H and O–H groups in total. The summed E-state index contributed by atoms with van der Waals surface area (Å²) in [6, 6.07) is 30.8. The number of benzene rings is 3. The summed E-state index contributed by atoms with van der Waals surface area (Å²) in [5.41, 5.74) is -7.60. The van der Waals surface area contributed by atoms with Gasteiger partial charge < -0.3 is 13.6 Å². The van der Waals surface area contributed by atoms with Crippen molar-refractivity contribution in [1.82, 2.24) is 0 Å². The average molecular weight is 634 g/mol. The van der Waals surface area contributed by atoms with Gasteiger partial charge in [0.15, 0.2) is 25.6 Å².